The van der Waals surface area contributed by atoms with Gasteiger partial charge in [-0.05, 0) is 13.3 Å². The first-order chi connectivity index (χ1) is 13.1. The van der Waals surface area contributed by atoms with Gasteiger partial charge in [0, 0.05) is 13.0 Å². The summed E-state index contributed by atoms with van der Waals surface area (Å²) in [6.45, 7) is 5.85. The standard InChI is InChI=1S/C22H42O5/c1-3-4-5-6-7-8-9-10-11-12-13-14-17-25-18-20-19-26-22(2,27-20)16-15-21(23)24/h20H,3-19H2,1-2H3,(H,23,24). The zero-order valence-electron chi connectivity index (χ0n) is 17.7. The third-order valence-electron chi connectivity index (χ3n) is 5.23. The van der Waals surface area contributed by atoms with Crippen LogP contribution < -0.4 is 0 Å². The van der Waals surface area contributed by atoms with Gasteiger partial charge < -0.3 is 19.3 Å². The molecule has 0 amide bonds. The van der Waals surface area contributed by atoms with Gasteiger partial charge in [-0.15, -0.1) is 0 Å². The van der Waals surface area contributed by atoms with Crippen molar-refractivity contribution in [2.45, 2.75) is 116 Å². The van der Waals surface area contributed by atoms with Crippen LogP contribution in [0.25, 0.3) is 0 Å². The van der Waals surface area contributed by atoms with Crippen molar-refractivity contribution in [1.29, 1.82) is 0 Å². The van der Waals surface area contributed by atoms with Crippen molar-refractivity contribution in [3.63, 3.8) is 0 Å². The van der Waals surface area contributed by atoms with Gasteiger partial charge in [0.1, 0.15) is 6.10 Å². The number of carbonyl (C=O) groups is 1. The summed E-state index contributed by atoms with van der Waals surface area (Å²) in [6.07, 6.45) is 16.5. The Morgan fingerprint density at radius 2 is 1.56 bits per heavy atom. The maximum atomic E-state index is 10.7. The topological polar surface area (TPSA) is 65.0 Å². The number of hydrogen-bond acceptors (Lipinski definition) is 4. The molecule has 0 bridgehead atoms. The zero-order chi connectivity index (χ0) is 19.8. The summed E-state index contributed by atoms with van der Waals surface area (Å²) in [7, 11) is 0. The maximum absolute atomic E-state index is 10.7. The SMILES string of the molecule is CCCCCCCCCCCCCCOCC1COC(C)(CCC(=O)O)O1. The van der Waals surface area contributed by atoms with Crippen molar-refractivity contribution in [3.8, 4) is 0 Å². The largest absolute Gasteiger partial charge is 0.481 e. The minimum Gasteiger partial charge on any atom is -0.481 e. The number of carboxylic acid groups (broad SMARTS) is 1. The second kappa shape index (κ2) is 15.3. The third-order valence-corrected chi connectivity index (χ3v) is 5.23. The molecular formula is C22H42O5. The van der Waals surface area contributed by atoms with Crippen molar-refractivity contribution in [2.24, 2.45) is 0 Å². The molecule has 0 aromatic heterocycles. The number of aliphatic carboxylic acids is 1. The molecule has 160 valence electrons. The van der Waals surface area contributed by atoms with E-state index in [1.165, 1.54) is 70.6 Å². The molecule has 1 aliphatic rings. The molecule has 0 spiro atoms. The lowest BCUT2D eigenvalue weighted by molar-refractivity contribution is -0.170. The predicted octanol–water partition coefficient (Wildman–Crippen LogP) is 5.70. The third kappa shape index (κ3) is 13.2. The van der Waals surface area contributed by atoms with E-state index < -0.39 is 11.8 Å². The second-order valence-corrected chi connectivity index (χ2v) is 8.04. The van der Waals surface area contributed by atoms with Crippen LogP contribution in [0.1, 0.15) is 104 Å². The normalized spacial score (nSPS) is 22.4. The Morgan fingerprint density at radius 3 is 2.11 bits per heavy atom. The van der Waals surface area contributed by atoms with Crippen LogP contribution >= 0.6 is 0 Å². The highest BCUT2D eigenvalue weighted by Crippen LogP contribution is 2.28. The van der Waals surface area contributed by atoms with Crippen molar-refractivity contribution in [3.05, 3.63) is 0 Å². The van der Waals surface area contributed by atoms with Gasteiger partial charge in [0.05, 0.1) is 19.6 Å². The lowest BCUT2D eigenvalue weighted by Crippen LogP contribution is -2.28. The predicted molar refractivity (Wildman–Crippen MR) is 108 cm³/mol. The molecule has 1 heterocycles. The van der Waals surface area contributed by atoms with E-state index in [1.54, 1.807) is 6.92 Å². The van der Waals surface area contributed by atoms with Gasteiger partial charge in [0.15, 0.2) is 5.79 Å². The van der Waals surface area contributed by atoms with Crippen LogP contribution in [-0.2, 0) is 19.0 Å². The fraction of sp³-hybridized carbons (Fsp3) is 0.955. The minimum absolute atomic E-state index is 0.0585. The molecule has 1 saturated heterocycles. The Balaban J connectivity index is 1.84. The fourth-order valence-corrected chi connectivity index (χ4v) is 3.50. The highest BCUT2D eigenvalue weighted by atomic mass is 16.7. The maximum Gasteiger partial charge on any atom is 0.303 e. The number of unbranched alkanes of at least 4 members (excludes halogenated alkanes) is 11. The summed E-state index contributed by atoms with van der Waals surface area (Å²) in [4.78, 5) is 10.7. The molecule has 0 saturated carbocycles. The van der Waals surface area contributed by atoms with Gasteiger partial charge in [-0.1, -0.05) is 77.6 Å². The molecule has 0 aromatic carbocycles. The van der Waals surface area contributed by atoms with E-state index >= 15 is 0 Å². The van der Waals surface area contributed by atoms with Crippen LogP contribution in [-0.4, -0.2) is 42.8 Å². The number of carboxylic acids is 1. The summed E-state index contributed by atoms with van der Waals surface area (Å²) in [6, 6.07) is 0. The van der Waals surface area contributed by atoms with Crippen LogP contribution in [0.4, 0.5) is 0 Å². The van der Waals surface area contributed by atoms with Crippen LogP contribution in [0.2, 0.25) is 0 Å². The first kappa shape index (κ1) is 24.4. The summed E-state index contributed by atoms with van der Waals surface area (Å²) in [5, 5.41) is 8.76. The van der Waals surface area contributed by atoms with Gasteiger partial charge >= 0.3 is 5.97 Å². The van der Waals surface area contributed by atoms with E-state index in [4.69, 9.17) is 19.3 Å². The van der Waals surface area contributed by atoms with Crippen molar-refractivity contribution in [1.82, 2.24) is 0 Å². The second-order valence-electron chi connectivity index (χ2n) is 8.04. The van der Waals surface area contributed by atoms with Gasteiger partial charge in [-0.2, -0.15) is 0 Å². The molecule has 1 aliphatic heterocycles. The van der Waals surface area contributed by atoms with Gasteiger partial charge in [-0.25, -0.2) is 0 Å². The molecular weight excluding hydrogens is 344 g/mol. The summed E-state index contributed by atoms with van der Waals surface area (Å²) >= 11 is 0. The zero-order valence-corrected chi connectivity index (χ0v) is 17.7. The smallest absolute Gasteiger partial charge is 0.303 e. The first-order valence-electron chi connectivity index (χ1n) is 11.2. The average Bonchev–Trinajstić information content (AvgIpc) is 3.02. The first-order valence-corrected chi connectivity index (χ1v) is 11.2. The van der Waals surface area contributed by atoms with E-state index in [-0.39, 0.29) is 12.5 Å². The lowest BCUT2D eigenvalue weighted by Gasteiger charge is -2.22. The Bertz CT molecular complexity index is 374. The summed E-state index contributed by atoms with van der Waals surface area (Å²) in [5.41, 5.74) is 0. The highest BCUT2D eigenvalue weighted by Gasteiger charge is 2.37. The lowest BCUT2D eigenvalue weighted by atomic mass is 10.1. The molecule has 0 radical (unpaired) electrons. The van der Waals surface area contributed by atoms with E-state index in [1.807, 2.05) is 0 Å². The molecule has 0 aromatic rings. The molecule has 5 nitrogen and oxygen atoms in total. The van der Waals surface area contributed by atoms with Crippen LogP contribution in [0.3, 0.4) is 0 Å². The van der Waals surface area contributed by atoms with Crippen LogP contribution in [0, 0.1) is 0 Å². The Hall–Kier alpha value is -0.650. The average molecular weight is 387 g/mol. The van der Waals surface area contributed by atoms with Crippen molar-refractivity contribution >= 4 is 5.97 Å². The Labute approximate surface area is 166 Å². The van der Waals surface area contributed by atoms with E-state index in [0.29, 0.717) is 19.6 Å². The van der Waals surface area contributed by atoms with Crippen LogP contribution in [0.5, 0.6) is 0 Å². The van der Waals surface area contributed by atoms with Crippen LogP contribution in [0.15, 0.2) is 0 Å². The highest BCUT2D eigenvalue weighted by molar-refractivity contribution is 5.66. The molecule has 2 unspecified atom stereocenters. The van der Waals surface area contributed by atoms with Gasteiger partial charge in [-0.3, -0.25) is 4.79 Å². The van der Waals surface area contributed by atoms with Gasteiger partial charge in [0.2, 0.25) is 0 Å². The molecule has 5 heteroatoms. The number of hydrogen-bond donors (Lipinski definition) is 1. The summed E-state index contributed by atoms with van der Waals surface area (Å²) in [5.74, 6) is -1.60. The summed E-state index contributed by atoms with van der Waals surface area (Å²) < 4.78 is 17.1. The minimum atomic E-state index is -0.824. The fourth-order valence-electron chi connectivity index (χ4n) is 3.50. The van der Waals surface area contributed by atoms with Gasteiger partial charge in [0.25, 0.3) is 0 Å². The molecule has 27 heavy (non-hydrogen) atoms. The van der Waals surface area contributed by atoms with E-state index in [9.17, 15) is 4.79 Å². The molecule has 0 aliphatic carbocycles. The molecule has 1 N–H and O–H groups in total. The van der Waals surface area contributed by atoms with E-state index in [0.717, 1.165) is 13.0 Å². The number of rotatable bonds is 18. The van der Waals surface area contributed by atoms with Crippen molar-refractivity contribution < 1.29 is 24.1 Å². The monoisotopic (exact) mass is 386 g/mol. The molecule has 2 atom stereocenters. The van der Waals surface area contributed by atoms with Crippen molar-refractivity contribution in [2.75, 3.05) is 19.8 Å². The Morgan fingerprint density at radius 1 is 1.00 bits per heavy atom. The Kier molecular flexibility index (Phi) is 13.8. The number of ether oxygens (including phenoxy) is 3. The van der Waals surface area contributed by atoms with E-state index in [2.05, 4.69) is 6.92 Å². The molecule has 1 rings (SSSR count). The quantitative estimate of drug-likeness (QED) is 0.306. The molecule has 1 fully saturated rings.